The summed E-state index contributed by atoms with van der Waals surface area (Å²) in [5.74, 6) is 1.35. The van der Waals surface area contributed by atoms with Gasteiger partial charge >= 0.3 is 0 Å². The maximum atomic E-state index is 11.7. The van der Waals surface area contributed by atoms with Gasteiger partial charge in [-0.05, 0) is 57.0 Å². The van der Waals surface area contributed by atoms with E-state index in [1.54, 1.807) is 0 Å². The lowest BCUT2D eigenvalue weighted by Gasteiger charge is -2.25. The van der Waals surface area contributed by atoms with Crippen LogP contribution in [0.1, 0.15) is 44.9 Å². The molecule has 0 aromatic heterocycles. The Bertz CT molecular complexity index is 265. The topological polar surface area (TPSA) is 61.4 Å². The fraction of sp³-hybridized carbons (Fsp3) is 0.929. The van der Waals surface area contributed by atoms with Crippen LogP contribution >= 0.6 is 0 Å². The van der Waals surface area contributed by atoms with E-state index in [0.717, 1.165) is 51.7 Å². The Hall–Kier alpha value is -0.610. The molecule has 2 fully saturated rings. The van der Waals surface area contributed by atoms with Crippen molar-refractivity contribution in [2.75, 3.05) is 19.6 Å². The van der Waals surface area contributed by atoms with Crippen LogP contribution in [0.4, 0.5) is 0 Å². The highest BCUT2D eigenvalue weighted by molar-refractivity contribution is 5.75. The highest BCUT2D eigenvalue weighted by Gasteiger charge is 2.21. The minimum Gasteiger partial charge on any atom is -0.393 e. The Morgan fingerprint density at radius 1 is 1.28 bits per heavy atom. The van der Waals surface area contributed by atoms with Crippen LogP contribution in [0.15, 0.2) is 0 Å². The van der Waals surface area contributed by atoms with E-state index < -0.39 is 0 Å². The lowest BCUT2D eigenvalue weighted by atomic mass is 9.87. The molecule has 3 N–H and O–H groups in total. The van der Waals surface area contributed by atoms with Crippen LogP contribution in [0, 0.1) is 11.8 Å². The van der Waals surface area contributed by atoms with Gasteiger partial charge in [0, 0.05) is 13.0 Å². The van der Waals surface area contributed by atoms with E-state index in [9.17, 15) is 9.90 Å². The predicted octanol–water partition coefficient (Wildman–Crippen LogP) is 1.04. The second-order valence-corrected chi connectivity index (χ2v) is 5.89. The van der Waals surface area contributed by atoms with Gasteiger partial charge in [0.25, 0.3) is 0 Å². The first-order chi connectivity index (χ1) is 8.74. The van der Waals surface area contributed by atoms with Gasteiger partial charge in [0.05, 0.1) is 6.10 Å². The second kappa shape index (κ2) is 7.10. The Balaban J connectivity index is 1.56. The molecule has 4 nitrogen and oxygen atoms in total. The largest absolute Gasteiger partial charge is 0.393 e. The average molecular weight is 254 g/mol. The summed E-state index contributed by atoms with van der Waals surface area (Å²) in [6.45, 7) is 2.92. The van der Waals surface area contributed by atoms with Gasteiger partial charge in [-0.3, -0.25) is 4.79 Å². The molecule has 1 saturated carbocycles. The van der Waals surface area contributed by atoms with Crippen molar-refractivity contribution in [2.24, 2.45) is 11.8 Å². The highest BCUT2D eigenvalue weighted by Crippen LogP contribution is 2.23. The normalized spacial score (nSPS) is 32.4. The number of nitrogens with one attached hydrogen (secondary N) is 2. The quantitative estimate of drug-likeness (QED) is 0.687. The molecule has 3 unspecified atom stereocenters. The van der Waals surface area contributed by atoms with E-state index in [-0.39, 0.29) is 12.0 Å². The Morgan fingerprint density at radius 3 is 2.89 bits per heavy atom. The van der Waals surface area contributed by atoms with Gasteiger partial charge in [0.15, 0.2) is 0 Å². The summed E-state index contributed by atoms with van der Waals surface area (Å²) >= 11 is 0. The number of hydrogen-bond donors (Lipinski definition) is 3. The number of rotatable bonds is 5. The van der Waals surface area contributed by atoms with Crippen LogP contribution in [0.3, 0.4) is 0 Å². The number of aliphatic hydroxyl groups excluding tert-OH is 1. The smallest absolute Gasteiger partial charge is 0.220 e. The van der Waals surface area contributed by atoms with Crippen LogP contribution < -0.4 is 10.6 Å². The molecule has 104 valence electrons. The van der Waals surface area contributed by atoms with Crippen LogP contribution in [0.5, 0.6) is 0 Å². The zero-order valence-corrected chi connectivity index (χ0v) is 11.2. The summed E-state index contributed by atoms with van der Waals surface area (Å²) in [7, 11) is 0. The van der Waals surface area contributed by atoms with E-state index in [4.69, 9.17) is 0 Å². The fourth-order valence-corrected chi connectivity index (χ4v) is 3.09. The summed E-state index contributed by atoms with van der Waals surface area (Å²) in [5, 5.41) is 15.9. The van der Waals surface area contributed by atoms with Crippen molar-refractivity contribution in [2.45, 2.75) is 51.0 Å². The third-order valence-electron chi connectivity index (χ3n) is 4.29. The van der Waals surface area contributed by atoms with Gasteiger partial charge in [-0.2, -0.15) is 0 Å². The summed E-state index contributed by atoms with van der Waals surface area (Å²) in [5.41, 5.74) is 0. The third-order valence-corrected chi connectivity index (χ3v) is 4.29. The van der Waals surface area contributed by atoms with Gasteiger partial charge in [0.2, 0.25) is 5.91 Å². The van der Waals surface area contributed by atoms with E-state index in [1.807, 2.05) is 0 Å². The minimum atomic E-state index is -0.148. The molecule has 3 atom stereocenters. The minimum absolute atomic E-state index is 0.148. The third kappa shape index (κ3) is 4.58. The molecular weight excluding hydrogens is 228 g/mol. The molecule has 0 radical (unpaired) electrons. The lowest BCUT2D eigenvalue weighted by molar-refractivity contribution is -0.121. The fourth-order valence-electron chi connectivity index (χ4n) is 3.09. The molecule has 2 rings (SSSR count). The molecule has 18 heavy (non-hydrogen) atoms. The molecule has 2 aliphatic rings. The molecule has 0 aromatic rings. The zero-order valence-electron chi connectivity index (χ0n) is 11.2. The molecular formula is C14H26N2O2. The zero-order chi connectivity index (χ0) is 12.8. The monoisotopic (exact) mass is 254 g/mol. The van der Waals surface area contributed by atoms with E-state index in [0.29, 0.717) is 18.3 Å². The predicted molar refractivity (Wildman–Crippen MR) is 71.2 cm³/mol. The van der Waals surface area contributed by atoms with Gasteiger partial charge in [-0.15, -0.1) is 0 Å². The second-order valence-electron chi connectivity index (χ2n) is 5.89. The Morgan fingerprint density at radius 2 is 2.17 bits per heavy atom. The number of carbonyl (C=O) groups is 1. The highest BCUT2D eigenvalue weighted by atomic mass is 16.3. The molecule has 1 amide bonds. The first-order valence-corrected chi connectivity index (χ1v) is 7.39. The van der Waals surface area contributed by atoms with Crippen molar-refractivity contribution >= 4 is 5.91 Å². The van der Waals surface area contributed by atoms with Crippen LogP contribution in [-0.4, -0.2) is 36.8 Å². The SMILES string of the molecule is O=C(CCC1CCNC1)NCC1CCCC(O)C1. The maximum Gasteiger partial charge on any atom is 0.220 e. The van der Waals surface area contributed by atoms with E-state index in [1.165, 1.54) is 6.42 Å². The van der Waals surface area contributed by atoms with Gasteiger partial charge < -0.3 is 15.7 Å². The van der Waals surface area contributed by atoms with Crippen LogP contribution in [0.25, 0.3) is 0 Å². The average Bonchev–Trinajstić information content (AvgIpc) is 2.87. The molecule has 4 heteroatoms. The van der Waals surface area contributed by atoms with Crippen LogP contribution in [0.2, 0.25) is 0 Å². The number of carbonyl (C=O) groups excluding carboxylic acids is 1. The maximum absolute atomic E-state index is 11.7. The number of aliphatic hydroxyl groups is 1. The molecule has 1 heterocycles. The van der Waals surface area contributed by atoms with E-state index >= 15 is 0 Å². The lowest BCUT2D eigenvalue weighted by Crippen LogP contribution is -2.33. The van der Waals surface area contributed by atoms with Crippen molar-refractivity contribution < 1.29 is 9.90 Å². The number of hydrogen-bond acceptors (Lipinski definition) is 3. The van der Waals surface area contributed by atoms with Gasteiger partial charge in [-0.25, -0.2) is 0 Å². The molecule has 0 aromatic carbocycles. The van der Waals surface area contributed by atoms with Gasteiger partial charge in [0.1, 0.15) is 0 Å². The van der Waals surface area contributed by atoms with Crippen molar-refractivity contribution in [3.63, 3.8) is 0 Å². The Kier molecular flexibility index (Phi) is 5.45. The first-order valence-electron chi connectivity index (χ1n) is 7.39. The van der Waals surface area contributed by atoms with Crippen molar-refractivity contribution in [3.8, 4) is 0 Å². The molecule has 0 bridgehead atoms. The Labute approximate surface area is 110 Å². The van der Waals surface area contributed by atoms with E-state index in [2.05, 4.69) is 10.6 Å². The molecule has 0 spiro atoms. The number of amides is 1. The molecule has 1 aliphatic heterocycles. The molecule has 1 saturated heterocycles. The standard InChI is InChI=1S/C14H26N2O2/c17-13-3-1-2-12(8-13)10-16-14(18)5-4-11-6-7-15-9-11/h11-13,15,17H,1-10H2,(H,16,18). The van der Waals surface area contributed by atoms with Crippen molar-refractivity contribution in [1.82, 2.24) is 10.6 Å². The summed E-state index contributed by atoms with van der Waals surface area (Å²) in [6.07, 6.45) is 6.74. The summed E-state index contributed by atoms with van der Waals surface area (Å²) in [4.78, 5) is 11.7. The first kappa shape index (κ1) is 13.8. The van der Waals surface area contributed by atoms with Crippen molar-refractivity contribution in [3.05, 3.63) is 0 Å². The summed E-state index contributed by atoms with van der Waals surface area (Å²) < 4.78 is 0. The van der Waals surface area contributed by atoms with Crippen molar-refractivity contribution in [1.29, 1.82) is 0 Å². The summed E-state index contributed by atoms with van der Waals surface area (Å²) in [6, 6.07) is 0. The van der Waals surface area contributed by atoms with Gasteiger partial charge in [-0.1, -0.05) is 6.42 Å². The van der Waals surface area contributed by atoms with Crippen LogP contribution in [-0.2, 0) is 4.79 Å². The molecule has 1 aliphatic carbocycles.